The quantitative estimate of drug-likeness (QED) is 0.164. The average molecular weight is 641 g/mol. The Morgan fingerprint density at radius 1 is 0.486 bits per heavy atom. The van der Waals surface area contributed by atoms with Crippen LogP contribution in [-0.2, 0) is 21.1 Å². The van der Waals surface area contributed by atoms with Crippen LogP contribution in [-0.4, -0.2) is 0 Å². The molecule has 4 aromatic carbocycles. The molecule has 0 spiro atoms. The Morgan fingerprint density at radius 3 is 1.40 bits per heavy atom. The van der Waals surface area contributed by atoms with E-state index < -0.39 is 0 Å². The van der Waals surface area contributed by atoms with Crippen LogP contribution in [0.15, 0.2) is 127 Å². The van der Waals surface area contributed by atoms with Crippen LogP contribution in [0.2, 0.25) is 0 Å². The maximum Gasteiger partial charge on any atom is 0.124 e. The van der Waals surface area contributed by atoms with Gasteiger partial charge in [0, 0.05) is 32.6 Å². The Labute approximate surface area is 224 Å². The van der Waals surface area contributed by atoms with Gasteiger partial charge in [-0.1, -0.05) is 61.4 Å². The van der Waals surface area contributed by atoms with Crippen LogP contribution in [0, 0.1) is 18.2 Å². The molecular formula is C32H29O2Pt-3. The van der Waals surface area contributed by atoms with Crippen LogP contribution < -0.4 is 9.47 Å². The molecule has 0 aromatic heterocycles. The monoisotopic (exact) mass is 640 g/mol. The molecule has 0 unspecified atom stereocenters. The van der Waals surface area contributed by atoms with Crippen molar-refractivity contribution in [3.05, 3.63) is 146 Å². The van der Waals surface area contributed by atoms with Crippen molar-refractivity contribution in [2.75, 3.05) is 0 Å². The SMILES string of the molecule is [C-]1=CCCC=CCC1.[Pt].[c-]1ccc(Oc2ccccc2)cc1.[c-]1ccc(Oc2ccccc2)cc1. The van der Waals surface area contributed by atoms with Crippen molar-refractivity contribution >= 4 is 0 Å². The van der Waals surface area contributed by atoms with E-state index in [0.29, 0.717) is 0 Å². The van der Waals surface area contributed by atoms with Gasteiger partial charge in [0.1, 0.15) is 11.5 Å². The first kappa shape index (κ1) is 27.9. The molecule has 0 bridgehead atoms. The molecule has 0 amide bonds. The first-order chi connectivity index (χ1) is 16.9. The summed E-state index contributed by atoms with van der Waals surface area (Å²) in [6.07, 6.45) is 14.5. The van der Waals surface area contributed by atoms with E-state index in [-0.39, 0.29) is 21.1 Å². The van der Waals surface area contributed by atoms with Gasteiger partial charge in [0.2, 0.25) is 0 Å². The van der Waals surface area contributed by atoms with Crippen molar-refractivity contribution in [3.8, 4) is 23.0 Å². The molecule has 4 aromatic rings. The van der Waals surface area contributed by atoms with Gasteiger partial charge >= 0.3 is 0 Å². The Morgan fingerprint density at radius 2 is 0.914 bits per heavy atom. The second kappa shape index (κ2) is 18.0. The largest absolute Gasteiger partial charge is 0.500 e. The molecule has 35 heavy (non-hydrogen) atoms. The molecule has 0 radical (unpaired) electrons. The number of hydrogen-bond acceptors (Lipinski definition) is 2. The van der Waals surface area contributed by atoms with Gasteiger partial charge < -0.3 is 15.5 Å². The van der Waals surface area contributed by atoms with E-state index in [1.54, 1.807) is 0 Å². The van der Waals surface area contributed by atoms with Crippen LogP contribution in [0.1, 0.15) is 25.7 Å². The number of benzene rings is 4. The zero-order valence-corrected chi connectivity index (χ0v) is 21.9. The molecule has 0 saturated carbocycles. The Hall–Kier alpha value is -3.35. The van der Waals surface area contributed by atoms with Gasteiger partial charge in [-0.25, -0.2) is 0 Å². The van der Waals surface area contributed by atoms with Crippen LogP contribution in [0.4, 0.5) is 0 Å². The number of ether oxygens (including phenoxy) is 2. The molecule has 0 N–H and O–H groups in total. The second-order valence-corrected chi connectivity index (χ2v) is 7.30. The van der Waals surface area contributed by atoms with Gasteiger partial charge in [0.05, 0.1) is 0 Å². The smallest absolute Gasteiger partial charge is 0.124 e. The summed E-state index contributed by atoms with van der Waals surface area (Å²) in [4.78, 5) is 0. The van der Waals surface area contributed by atoms with E-state index in [0.717, 1.165) is 29.4 Å². The minimum absolute atomic E-state index is 0. The maximum absolute atomic E-state index is 5.56. The second-order valence-electron chi connectivity index (χ2n) is 7.30. The molecule has 3 heteroatoms. The number of rotatable bonds is 4. The summed E-state index contributed by atoms with van der Waals surface area (Å²) in [6, 6.07) is 40.2. The molecule has 1 aliphatic carbocycles. The van der Waals surface area contributed by atoms with Crippen LogP contribution in [0.3, 0.4) is 0 Å². The third-order valence-electron chi connectivity index (χ3n) is 4.58. The zero-order chi connectivity index (χ0) is 23.5. The zero-order valence-electron chi connectivity index (χ0n) is 19.6. The summed E-state index contributed by atoms with van der Waals surface area (Å²) in [6.45, 7) is 0. The Kier molecular flexibility index (Phi) is 14.4. The predicted molar refractivity (Wildman–Crippen MR) is 139 cm³/mol. The third kappa shape index (κ3) is 12.6. The molecule has 1 aliphatic rings. The van der Waals surface area contributed by atoms with E-state index in [1.165, 1.54) is 19.3 Å². The minimum atomic E-state index is 0. The first-order valence-electron chi connectivity index (χ1n) is 11.5. The van der Waals surface area contributed by atoms with Gasteiger partial charge in [-0.15, -0.1) is 24.3 Å². The van der Waals surface area contributed by atoms with Crippen molar-refractivity contribution in [1.82, 2.24) is 0 Å². The van der Waals surface area contributed by atoms with Gasteiger partial charge in [-0.2, -0.15) is 42.8 Å². The predicted octanol–water partition coefficient (Wildman–Crippen LogP) is 9.03. The number of para-hydroxylation sites is 2. The average Bonchev–Trinajstić information content (AvgIpc) is 2.87. The van der Waals surface area contributed by atoms with Crippen molar-refractivity contribution in [1.29, 1.82) is 0 Å². The van der Waals surface area contributed by atoms with Gasteiger partial charge in [-0.05, 0) is 30.7 Å². The molecule has 0 fully saturated rings. The van der Waals surface area contributed by atoms with E-state index in [9.17, 15) is 0 Å². The Bertz CT molecular complexity index is 901. The normalized spacial score (nSPS) is 11.7. The molecule has 2 nitrogen and oxygen atoms in total. The number of allylic oxidation sites excluding steroid dienone is 4. The summed E-state index contributed by atoms with van der Waals surface area (Å²) >= 11 is 0. The fourth-order valence-corrected chi connectivity index (χ4v) is 2.91. The van der Waals surface area contributed by atoms with Crippen molar-refractivity contribution in [2.45, 2.75) is 25.7 Å². The number of hydrogen-bond donors (Lipinski definition) is 0. The molecule has 0 heterocycles. The standard InChI is InChI=1S/2C12H9O.C8H11.Pt/c2*1-3-7-11(8-4-1)13-12-9-5-2-6-10-12;1-2-4-6-8-7-5-3-1;/h2*1,3-10H;1-2,7H,3-6H2;/q3*-1;. The molecule has 5 rings (SSSR count). The van der Waals surface area contributed by atoms with Crippen LogP contribution >= 0.6 is 0 Å². The first-order valence-corrected chi connectivity index (χ1v) is 11.5. The van der Waals surface area contributed by atoms with E-state index in [2.05, 4.69) is 36.4 Å². The summed E-state index contributed by atoms with van der Waals surface area (Å²) in [5.74, 6) is 3.39. The van der Waals surface area contributed by atoms with Gasteiger partial charge in [0.25, 0.3) is 0 Å². The topological polar surface area (TPSA) is 18.5 Å². The summed E-state index contributed by atoms with van der Waals surface area (Å²) in [5, 5.41) is 0. The third-order valence-corrected chi connectivity index (χ3v) is 4.58. The summed E-state index contributed by atoms with van der Waals surface area (Å²) in [5.41, 5.74) is 0. The minimum Gasteiger partial charge on any atom is -0.500 e. The molecule has 0 aliphatic heterocycles. The molecular weight excluding hydrogens is 611 g/mol. The molecule has 0 atom stereocenters. The van der Waals surface area contributed by atoms with E-state index in [1.807, 2.05) is 109 Å². The maximum atomic E-state index is 5.56. The van der Waals surface area contributed by atoms with Gasteiger partial charge in [-0.3, -0.25) is 6.08 Å². The van der Waals surface area contributed by atoms with E-state index >= 15 is 0 Å². The van der Waals surface area contributed by atoms with Crippen molar-refractivity contribution in [3.63, 3.8) is 0 Å². The van der Waals surface area contributed by atoms with E-state index in [4.69, 9.17) is 9.47 Å². The van der Waals surface area contributed by atoms with Gasteiger partial charge in [0.15, 0.2) is 0 Å². The fourth-order valence-electron chi connectivity index (χ4n) is 2.91. The summed E-state index contributed by atoms with van der Waals surface area (Å²) < 4.78 is 11.1. The van der Waals surface area contributed by atoms with Crippen molar-refractivity contribution in [2.24, 2.45) is 0 Å². The molecule has 0 saturated heterocycles. The van der Waals surface area contributed by atoms with Crippen LogP contribution in [0.25, 0.3) is 0 Å². The fraction of sp³-hybridized carbons (Fsp3) is 0.125. The van der Waals surface area contributed by atoms with Crippen molar-refractivity contribution < 1.29 is 30.5 Å². The van der Waals surface area contributed by atoms with Crippen LogP contribution in [0.5, 0.6) is 23.0 Å². The summed E-state index contributed by atoms with van der Waals surface area (Å²) in [7, 11) is 0. The Balaban J connectivity index is 0.000000188. The molecule has 182 valence electrons.